The van der Waals surface area contributed by atoms with Gasteiger partial charge in [-0.15, -0.1) is 11.3 Å². The van der Waals surface area contributed by atoms with E-state index in [1.165, 1.54) is 36.3 Å². The Balaban J connectivity index is 1.61. The lowest BCUT2D eigenvalue weighted by Gasteiger charge is -2.30. The number of anilines is 1. The average Bonchev–Trinajstić information content (AvgIpc) is 3.56. The van der Waals surface area contributed by atoms with Gasteiger partial charge in [-0.1, -0.05) is 36.4 Å². The van der Waals surface area contributed by atoms with Gasteiger partial charge in [0.25, 0.3) is 0 Å². The average molecular weight is 581 g/mol. The molecule has 0 aliphatic rings. The van der Waals surface area contributed by atoms with E-state index in [1.807, 2.05) is 30.3 Å². The summed E-state index contributed by atoms with van der Waals surface area (Å²) in [5, 5.41) is 21.9. The van der Waals surface area contributed by atoms with Crippen LogP contribution in [0, 0.1) is 5.13 Å². The minimum atomic E-state index is -1.20. The summed E-state index contributed by atoms with van der Waals surface area (Å²) in [5.41, 5.74) is 1.56. The second-order valence-corrected chi connectivity index (χ2v) is 10.5. The molecule has 0 saturated carbocycles. The van der Waals surface area contributed by atoms with Gasteiger partial charge in [-0.05, 0) is 43.7 Å². The zero-order valence-corrected chi connectivity index (χ0v) is 23.4. The van der Waals surface area contributed by atoms with Crippen molar-refractivity contribution < 1.29 is 33.7 Å². The summed E-state index contributed by atoms with van der Waals surface area (Å²) in [5.74, 6) is -2.97. The molecule has 0 bridgehead atoms. The van der Waals surface area contributed by atoms with Crippen LogP contribution in [0.15, 0.2) is 60.7 Å². The monoisotopic (exact) mass is 580 g/mol. The number of aromatic amines is 1. The molecule has 1 unspecified atom stereocenters. The number of aromatic nitrogens is 2. The summed E-state index contributed by atoms with van der Waals surface area (Å²) in [4.78, 5) is 48.2. The summed E-state index contributed by atoms with van der Waals surface area (Å²) in [6, 6.07) is 15.8. The van der Waals surface area contributed by atoms with Crippen LogP contribution in [0.5, 0.6) is 11.5 Å². The Hall–Kier alpha value is -4.71. The predicted octanol–water partition coefficient (Wildman–Crippen LogP) is 5.09. The fourth-order valence-electron chi connectivity index (χ4n) is 4.31. The van der Waals surface area contributed by atoms with Crippen LogP contribution in [0.4, 0.5) is 10.2 Å². The predicted molar refractivity (Wildman–Crippen MR) is 152 cm³/mol. The molecule has 4 N–H and O–H groups in total. The van der Waals surface area contributed by atoms with Crippen molar-refractivity contribution in [1.29, 1.82) is 0 Å². The number of amides is 2. The number of methoxy groups -OCH3 is 1. The summed E-state index contributed by atoms with van der Waals surface area (Å²) < 4.78 is 18.8. The molecule has 0 saturated heterocycles. The van der Waals surface area contributed by atoms with Gasteiger partial charge < -0.3 is 30.2 Å². The first-order valence-electron chi connectivity index (χ1n) is 12.7. The third kappa shape index (κ3) is 6.90. The summed E-state index contributed by atoms with van der Waals surface area (Å²) in [6.45, 7) is 3.05. The number of carboxylic acids is 1. The largest absolute Gasteiger partial charge is 0.504 e. The maximum absolute atomic E-state index is 13.7. The SMILES string of the molecule is COc1cc(C(CC(=O)O)C(=O)N(CC(=O)Nc2nc(-c3ccc(F)s3)[nH]c2-c2ccccc2)C(C)C)ccc1O. The number of carboxylic acid groups (broad SMARTS) is 1. The van der Waals surface area contributed by atoms with E-state index in [0.29, 0.717) is 22.0 Å². The molecule has 12 heteroatoms. The Morgan fingerprint density at radius 1 is 1.12 bits per heavy atom. The quantitative estimate of drug-likeness (QED) is 0.193. The van der Waals surface area contributed by atoms with E-state index in [2.05, 4.69) is 15.3 Å². The van der Waals surface area contributed by atoms with Crippen LogP contribution in [-0.2, 0) is 14.4 Å². The highest BCUT2D eigenvalue weighted by molar-refractivity contribution is 7.13. The Labute approximate surface area is 239 Å². The van der Waals surface area contributed by atoms with E-state index < -0.39 is 36.2 Å². The zero-order chi connectivity index (χ0) is 29.7. The van der Waals surface area contributed by atoms with Crippen molar-refractivity contribution >= 4 is 34.9 Å². The zero-order valence-electron chi connectivity index (χ0n) is 22.6. The molecule has 2 heterocycles. The molecular formula is C29H29FN4O6S. The van der Waals surface area contributed by atoms with E-state index in [9.17, 15) is 29.0 Å². The third-order valence-corrected chi connectivity index (χ3v) is 7.21. The minimum absolute atomic E-state index is 0.0907. The van der Waals surface area contributed by atoms with Gasteiger partial charge in [0.05, 0.1) is 30.0 Å². The second-order valence-electron chi connectivity index (χ2n) is 9.47. The van der Waals surface area contributed by atoms with Crippen LogP contribution >= 0.6 is 11.3 Å². The van der Waals surface area contributed by atoms with Gasteiger partial charge in [0.15, 0.2) is 28.3 Å². The first kappa shape index (κ1) is 29.3. The Bertz CT molecular complexity index is 1550. The number of ether oxygens (including phenoxy) is 1. The number of rotatable bonds is 11. The minimum Gasteiger partial charge on any atom is -0.504 e. The van der Waals surface area contributed by atoms with Gasteiger partial charge in [0.1, 0.15) is 6.54 Å². The van der Waals surface area contributed by atoms with Crippen LogP contribution < -0.4 is 10.1 Å². The molecule has 1 atom stereocenters. The normalized spacial score (nSPS) is 11.7. The molecule has 10 nitrogen and oxygen atoms in total. The third-order valence-electron chi connectivity index (χ3n) is 6.33. The van der Waals surface area contributed by atoms with E-state index in [-0.39, 0.29) is 29.0 Å². The highest BCUT2D eigenvalue weighted by Crippen LogP contribution is 2.34. The maximum Gasteiger partial charge on any atom is 0.304 e. The van der Waals surface area contributed by atoms with Crippen LogP contribution in [0.3, 0.4) is 0 Å². The molecule has 2 aromatic carbocycles. The Morgan fingerprint density at radius 2 is 1.85 bits per heavy atom. The number of nitrogens with zero attached hydrogens (tertiary/aromatic N) is 2. The lowest BCUT2D eigenvalue weighted by Crippen LogP contribution is -2.45. The number of hydrogen-bond acceptors (Lipinski definition) is 7. The van der Waals surface area contributed by atoms with Crippen molar-refractivity contribution in [2.24, 2.45) is 0 Å². The number of phenolic OH excluding ortho intramolecular Hbond substituents is 1. The Morgan fingerprint density at radius 3 is 2.46 bits per heavy atom. The van der Waals surface area contributed by atoms with E-state index in [1.54, 1.807) is 19.9 Å². The molecule has 2 amide bonds. The topological polar surface area (TPSA) is 145 Å². The maximum atomic E-state index is 13.7. The molecule has 0 aliphatic heterocycles. The highest BCUT2D eigenvalue weighted by Gasteiger charge is 2.32. The number of hydrogen-bond donors (Lipinski definition) is 4. The first-order valence-corrected chi connectivity index (χ1v) is 13.5. The fourth-order valence-corrected chi connectivity index (χ4v) is 4.99. The number of halogens is 1. The molecule has 0 spiro atoms. The van der Waals surface area contributed by atoms with Gasteiger partial charge >= 0.3 is 5.97 Å². The second kappa shape index (κ2) is 12.6. The summed E-state index contributed by atoms with van der Waals surface area (Å²) in [6.07, 6.45) is -0.532. The molecule has 4 aromatic rings. The van der Waals surface area contributed by atoms with Gasteiger partial charge in [0, 0.05) is 11.6 Å². The van der Waals surface area contributed by atoms with E-state index >= 15 is 0 Å². The Kier molecular flexibility index (Phi) is 9.03. The van der Waals surface area contributed by atoms with Crippen molar-refractivity contribution in [3.8, 4) is 33.5 Å². The van der Waals surface area contributed by atoms with Crippen LogP contribution in [0.1, 0.15) is 31.7 Å². The molecule has 41 heavy (non-hydrogen) atoms. The standard InChI is InChI=1S/C29H29FN4O6S/c1-16(2)34(29(39)19(14-25(37)38)18-9-10-20(35)21(13-18)40-3)15-24(36)31-28-26(17-7-5-4-6-8-17)32-27(33-28)22-11-12-23(30)41-22/h4-13,16,19,35H,14-15H2,1-3H3,(H,31,36)(H,32,33)(H,37,38). The number of aliphatic carboxylic acids is 1. The van der Waals surface area contributed by atoms with Gasteiger partial charge in [-0.25, -0.2) is 4.98 Å². The van der Waals surface area contributed by atoms with Crippen molar-refractivity contribution in [3.63, 3.8) is 0 Å². The number of aromatic hydroxyl groups is 1. The highest BCUT2D eigenvalue weighted by atomic mass is 32.1. The number of benzene rings is 2. The van der Waals surface area contributed by atoms with Gasteiger partial charge in [-0.3, -0.25) is 14.4 Å². The molecule has 214 valence electrons. The number of H-pyrrole nitrogens is 1. The van der Waals surface area contributed by atoms with Gasteiger partial charge in [-0.2, -0.15) is 4.39 Å². The van der Waals surface area contributed by atoms with Crippen molar-refractivity contribution in [2.45, 2.75) is 32.2 Å². The van der Waals surface area contributed by atoms with E-state index in [4.69, 9.17) is 4.74 Å². The van der Waals surface area contributed by atoms with Crippen molar-refractivity contribution in [1.82, 2.24) is 14.9 Å². The van der Waals surface area contributed by atoms with Gasteiger partial charge in [0.2, 0.25) is 11.8 Å². The number of phenols is 1. The number of carbonyl (C=O) groups is 3. The van der Waals surface area contributed by atoms with Crippen molar-refractivity contribution in [2.75, 3.05) is 19.0 Å². The number of thiophene rings is 1. The molecule has 2 aromatic heterocycles. The molecular weight excluding hydrogens is 551 g/mol. The smallest absolute Gasteiger partial charge is 0.304 e. The number of nitrogens with one attached hydrogen (secondary N) is 2. The summed E-state index contributed by atoms with van der Waals surface area (Å²) >= 11 is 0.906. The lowest BCUT2D eigenvalue weighted by atomic mass is 9.93. The van der Waals surface area contributed by atoms with E-state index in [0.717, 1.165) is 16.9 Å². The fraction of sp³-hybridized carbons (Fsp3) is 0.241. The van der Waals surface area contributed by atoms with Crippen LogP contribution in [-0.4, -0.2) is 62.6 Å². The molecule has 0 fully saturated rings. The number of imidazole rings is 1. The molecule has 0 radical (unpaired) electrons. The number of carbonyl (C=O) groups excluding carboxylic acids is 2. The van der Waals surface area contributed by atoms with Crippen LogP contribution in [0.25, 0.3) is 22.0 Å². The molecule has 4 rings (SSSR count). The lowest BCUT2D eigenvalue weighted by molar-refractivity contribution is -0.143. The molecule has 0 aliphatic carbocycles. The first-order chi connectivity index (χ1) is 19.6. The van der Waals surface area contributed by atoms with Crippen molar-refractivity contribution in [3.05, 3.63) is 71.4 Å². The van der Waals surface area contributed by atoms with Crippen LogP contribution in [0.2, 0.25) is 0 Å². The summed E-state index contributed by atoms with van der Waals surface area (Å²) in [7, 11) is 1.34.